The fourth-order valence-electron chi connectivity index (χ4n) is 14.1. The van der Waals surface area contributed by atoms with Crippen molar-refractivity contribution in [3.05, 3.63) is 0 Å². The normalized spacial score (nSPS) is 50.2. The van der Waals surface area contributed by atoms with Crippen molar-refractivity contribution in [2.24, 2.45) is 45.3 Å². The summed E-state index contributed by atoms with van der Waals surface area (Å²) in [5.41, 5.74) is -1.95. The van der Waals surface area contributed by atoms with Crippen LogP contribution in [0.1, 0.15) is 141 Å². The average molecular weight is 807 g/mol. The molecule has 3 saturated heterocycles. The molecule has 0 aromatic rings. The first-order valence-electron chi connectivity index (χ1n) is 21.5. The van der Waals surface area contributed by atoms with E-state index in [1.807, 2.05) is 13.8 Å². The highest BCUT2D eigenvalue weighted by atomic mass is 16.9. The van der Waals surface area contributed by atoms with Gasteiger partial charge in [-0.3, -0.25) is 19.1 Å². The van der Waals surface area contributed by atoms with Gasteiger partial charge in [-0.15, -0.1) is 0 Å². The number of rotatable bonds is 8. The van der Waals surface area contributed by atoms with Crippen molar-refractivity contribution in [1.29, 1.82) is 0 Å². The Hall–Kier alpha value is -1.87. The van der Waals surface area contributed by atoms with E-state index >= 15 is 0 Å². The molecule has 4 saturated carbocycles. The molecule has 0 amide bonds. The van der Waals surface area contributed by atoms with Crippen LogP contribution in [0.4, 0.5) is 0 Å². The Kier molecular flexibility index (Phi) is 10.9. The van der Waals surface area contributed by atoms with Crippen molar-refractivity contribution in [3.8, 4) is 0 Å². The second-order valence-corrected chi connectivity index (χ2v) is 21.1. The van der Waals surface area contributed by atoms with E-state index in [9.17, 15) is 24.6 Å². The minimum atomic E-state index is -1.67. The predicted octanol–water partition coefficient (Wildman–Crippen LogP) is 5.98. The van der Waals surface area contributed by atoms with Crippen LogP contribution in [0.5, 0.6) is 0 Å². The van der Waals surface area contributed by atoms with Crippen LogP contribution in [0.2, 0.25) is 0 Å². The van der Waals surface area contributed by atoms with E-state index in [1.54, 1.807) is 6.92 Å². The molecule has 13 heteroatoms. The van der Waals surface area contributed by atoms with Crippen LogP contribution in [0.3, 0.4) is 0 Å². The molecule has 17 atom stereocenters. The van der Waals surface area contributed by atoms with Gasteiger partial charge >= 0.3 is 17.9 Å². The van der Waals surface area contributed by atoms with Crippen LogP contribution in [-0.2, 0) is 52.3 Å². The topological polar surface area (TPSA) is 166 Å². The Morgan fingerprint density at radius 3 is 2.02 bits per heavy atom. The zero-order chi connectivity index (χ0) is 41.9. The van der Waals surface area contributed by atoms with Crippen LogP contribution in [0.25, 0.3) is 0 Å². The molecule has 0 aromatic heterocycles. The van der Waals surface area contributed by atoms with Gasteiger partial charge in [-0.05, 0) is 124 Å². The minimum Gasteiger partial charge on any atom is -0.463 e. The number of fused-ring (bicyclic) bond motifs is 6. The summed E-state index contributed by atoms with van der Waals surface area (Å²) in [5.74, 6) is -2.72. The Labute approximate surface area is 338 Å². The van der Waals surface area contributed by atoms with Crippen LogP contribution in [0.15, 0.2) is 0 Å². The van der Waals surface area contributed by atoms with Crippen molar-refractivity contribution < 1.29 is 62.5 Å². The third-order valence-electron chi connectivity index (χ3n) is 16.9. The minimum absolute atomic E-state index is 0.0302. The maximum absolute atomic E-state index is 12.5. The zero-order valence-corrected chi connectivity index (χ0v) is 36.4. The molecule has 0 radical (unpaired) electrons. The lowest BCUT2D eigenvalue weighted by Crippen LogP contribution is -2.67. The number of hydrogen-bond donors (Lipinski definition) is 2. The zero-order valence-electron chi connectivity index (χ0n) is 36.4. The van der Waals surface area contributed by atoms with Crippen LogP contribution in [-0.4, -0.2) is 101 Å². The first kappa shape index (κ1) is 43.2. The SMILES string of the molecule is CC(=O)OC[C@H]1O[C@@H]2OC(C)(O[C@H]3C[C@@H]4[C@@]5(C)CC[C@H](O)C(C)(C)[C@@H]5CC[C@@]4(C)[C@]4(C)CC[C@H]([C@]5(C)CC[C@H](C(C)(C)O)O5)[C@@H]34)O[C@@H]2[C@@H](OC(C)=O)[C@@H]1OC(C)=O. The fourth-order valence-corrected chi connectivity index (χ4v) is 14.1. The van der Waals surface area contributed by atoms with E-state index in [0.717, 1.165) is 57.8 Å². The molecular weight excluding hydrogens is 736 g/mol. The summed E-state index contributed by atoms with van der Waals surface area (Å²) in [6, 6.07) is 0. The van der Waals surface area contributed by atoms with E-state index in [-0.39, 0.29) is 64.3 Å². The molecule has 7 aliphatic rings. The van der Waals surface area contributed by atoms with Crippen LogP contribution in [0, 0.1) is 45.3 Å². The summed E-state index contributed by atoms with van der Waals surface area (Å²) in [4.78, 5) is 36.7. The highest BCUT2D eigenvalue weighted by molar-refractivity contribution is 5.68. The molecule has 57 heavy (non-hydrogen) atoms. The first-order valence-corrected chi connectivity index (χ1v) is 21.5. The first-order chi connectivity index (χ1) is 26.3. The van der Waals surface area contributed by atoms with Crippen molar-refractivity contribution in [2.45, 2.75) is 207 Å². The van der Waals surface area contributed by atoms with Gasteiger partial charge in [-0.2, -0.15) is 0 Å². The third kappa shape index (κ3) is 7.08. The average Bonchev–Trinajstić information content (AvgIpc) is 3.78. The molecule has 3 heterocycles. The number of esters is 3. The molecule has 324 valence electrons. The molecule has 0 spiro atoms. The Balaban J connectivity index is 1.26. The summed E-state index contributed by atoms with van der Waals surface area (Å²) in [5, 5.41) is 22.4. The summed E-state index contributed by atoms with van der Waals surface area (Å²) in [6.07, 6.45) is 1.64. The van der Waals surface area contributed by atoms with Gasteiger partial charge in [0, 0.05) is 27.7 Å². The monoisotopic (exact) mass is 806 g/mol. The highest BCUT2D eigenvalue weighted by Gasteiger charge is 2.73. The van der Waals surface area contributed by atoms with Gasteiger partial charge in [0.05, 0.1) is 29.5 Å². The predicted molar refractivity (Wildman–Crippen MR) is 205 cm³/mol. The van der Waals surface area contributed by atoms with Crippen molar-refractivity contribution >= 4 is 17.9 Å². The molecule has 0 bridgehead atoms. The molecule has 7 fully saturated rings. The Morgan fingerprint density at radius 1 is 0.754 bits per heavy atom. The second-order valence-electron chi connectivity index (χ2n) is 21.1. The van der Waals surface area contributed by atoms with E-state index in [2.05, 4.69) is 41.5 Å². The lowest BCUT2D eigenvalue weighted by molar-refractivity contribution is -0.381. The summed E-state index contributed by atoms with van der Waals surface area (Å²) in [7, 11) is 0. The van der Waals surface area contributed by atoms with Gasteiger partial charge in [0.25, 0.3) is 5.97 Å². The molecule has 4 aliphatic carbocycles. The number of carbonyl (C=O) groups is 3. The Morgan fingerprint density at radius 2 is 1.40 bits per heavy atom. The summed E-state index contributed by atoms with van der Waals surface area (Å²) >= 11 is 0. The van der Waals surface area contributed by atoms with Gasteiger partial charge in [0.1, 0.15) is 12.7 Å². The Bertz CT molecular complexity index is 1580. The second kappa shape index (κ2) is 14.4. The van der Waals surface area contributed by atoms with E-state index in [4.69, 9.17) is 37.9 Å². The van der Waals surface area contributed by atoms with Gasteiger partial charge in [0.15, 0.2) is 24.6 Å². The lowest BCUT2D eigenvalue weighted by atomic mass is 9.35. The quantitative estimate of drug-likeness (QED) is 0.218. The molecule has 13 nitrogen and oxygen atoms in total. The van der Waals surface area contributed by atoms with Gasteiger partial charge in [-0.1, -0.05) is 34.6 Å². The molecule has 2 N–H and O–H groups in total. The van der Waals surface area contributed by atoms with Crippen molar-refractivity contribution in [1.82, 2.24) is 0 Å². The van der Waals surface area contributed by atoms with Crippen LogP contribution >= 0.6 is 0 Å². The van der Waals surface area contributed by atoms with Gasteiger partial charge in [-0.25, -0.2) is 0 Å². The van der Waals surface area contributed by atoms with Gasteiger partial charge in [0.2, 0.25) is 0 Å². The molecule has 7 rings (SSSR count). The summed E-state index contributed by atoms with van der Waals surface area (Å²) in [6.45, 7) is 23.0. The van der Waals surface area contributed by atoms with Crippen LogP contribution < -0.4 is 0 Å². The van der Waals surface area contributed by atoms with E-state index in [1.165, 1.54) is 20.8 Å². The maximum atomic E-state index is 12.5. The lowest BCUT2D eigenvalue weighted by Gasteiger charge is -2.71. The highest BCUT2D eigenvalue weighted by Crippen LogP contribution is 2.76. The van der Waals surface area contributed by atoms with Gasteiger partial charge < -0.3 is 43.4 Å². The number of aliphatic hydroxyl groups excluding tert-OH is 1. The van der Waals surface area contributed by atoms with E-state index < -0.39 is 65.8 Å². The van der Waals surface area contributed by atoms with E-state index in [0.29, 0.717) is 5.92 Å². The standard InChI is InChI=1S/C44H70O13/c1-23(45)50-22-28-34(51-24(2)46)35(52-25(3)47)36-37(53-28)57-44(12,56-36)54-27-21-30-40(8)17-15-31(48)38(4,5)29(40)14-19-41(30,9)42(10)18-13-26(33(27)42)43(11)20-16-32(55-43)39(6,7)49/h26-37,48-49H,13-22H2,1-12H3/t26-,27-,28+,29-,30+,31-,32+,33-,34+,35-,36+,37+,40-,41+,42+,43-,44?/m0/s1. The van der Waals surface area contributed by atoms with Crippen molar-refractivity contribution in [3.63, 3.8) is 0 Å². The molecule has 3 aliphatic heterocycles. The number of hydrogen-bond acceptors (Lipinski definition) is 13. The fraction of sp³-hybridized carbons (Fsp3) is 0.932. The molecule has 1 unspecified atom stereocenters. The third-order valence-corrected chi connectivity index (χ3v) is 16.9. The number of ether oxygens (including phenoxy) is 8. The number of carbonyl (C=O) groups excluding carboxylic acids is 3. The smallest absolute Gasteiger partial charge is 0.303 e. The van der Waals surface area contributed by atoms with Crippen molar-refractivity contribution in [2.75, 3.05) is 6.61 Å². The summed E-state index contributed by atoms with van der Waals surface area (Å²) < 4.78 is 50.6. The molecule has 0 aromatic carbocycles. The maximum Gasteiger partial charge on any atom is 0.303 e. The molecular formula is C44H70O13. The largest absolute Gasteiger partial charge is 0.463 e. The number of aliphatic hydroxyl groups is 2.